The van der Waals surface area contributed by atoms with Crippen molar-refractivity contribution < 1.29 is 14.3 Å². The summed E-state index contributed by atoms with van der Waals surface area (Å²) >= 11 is 0. The van der Waals surface area contributed by atoms with Gasteiger partial charge in [-0.15, -0.1) is 0 Å². The van der Waals surface area contributed by atoms with Gasteiger partial charge in [0.2, 0.25) is 0 Å². The second kappa shape index (κ2) is 7.45. The fourth-order valence-electron chi connectivity index (χ4n) is 1.82. The van der Waals surface area contributed by atoms with Crippen LogP contribution < -0.4 is 10.1 Å². The second-order valence-corrected chi connectivity index (χ2v) is 5.42. The zero-order valence-corrected chi connectivity index (χ0v) is 13.5. The molecule has 5 heteroatoms. The van der Waals surface area contributed by atoms with Gasteiger partial charge < -0.3 is 15.0 Å². The Morgan fingerprint density at radius 1 is 1.00 bits per heavy atom. The van der Waals surface area contributed by atoms with E-state index in [9.17, 15) is 9.59 Å². The molecule has 0 radical (unpaired) electrons. The van der Waals surface area contributed by atoms with Crippen LogP contribution in [0.3, 0.4) is 0 Å². The van der Waals surface area contributed by atoms with Crippen LogP contribution >= 0.6 is 0 Å². The third-order valence-corrected chi connectivity index (χ3v) is 3.29. The van der Waals surface area contributed by atoms with Crippen molar-refractivity contribution in [3.05, 3.63) is 59.7 Å². The normalized spacial score (nSPS) is 10.0. The number of anilines is 1. The van der Waals surface area contributed by atoms with Gasteiger partial charge in [-0.2, -0.15) is 0 Å². The highest BCUT2D eigenvalue weighted by molar-refractivity contribution is 6.04. The van der Waals surface area contributed by atoms with Crippen LogP contribution in [0.4, 0.5) is 5.69 Å². The second-order valence-electron chi connectivity index (χ2n) is 5.42. The van der Waals surface area contributed by atoms with Crippen molar-refractivity contribution in [3.8, 4) is 5.75 Å². The number of hydrogen-bond donors (Lipinski definition) is 1. The molecule has 2 rings (SSSR count). The van der Waals surface area contributed by atoms with Crippen LogP contribution in [0.1, 0.15) is 15.9 Å². The summed E-state index contributed by atoms with van der Waals surface area (Å²) in [5, 5.41) is 2.82. The highest BCUT2D eigenvalue weighted by Crippen LogP contribution is 2.16. The number of hydrogen-bond acceptors (Lipinski definition) is 3. The molecule has 0 aliphatic rings. The molecule has 0 saturated carbocycles. The smallest absolute Gasteiger partial charge is 0.259 e. The predicted molar refractivity (Wildman–Crippen MR) is 89.8 cm³/mol. The van der Waals surface area contributed by atoms with Gasteiger partial charge >= 0.3 is 0 Å². The first-order chi connectivity index (χ1) is 11.0. The number of nitrogens with one attached hydrogen (secondary N) is 1. The van der Waals surface area contributed by atoms with Crippen LogP contribution in [0, 0.1) is 6.92 Å². The molecule has 0 heterocycles. The van der Waals surface area contributed by atoms with E-state index < -0.39 is 0 Å². The van der Waals surface area contributed by atoms with Gasteiger partial charge in [0, 0.05) is 25.3 Å². The van der Waals surface area contributed by atoms with Crippen LogP contribution in [0.2, 0.25) is 0 Å². The molecule has 120 valence electrons. The number of aryl methyl sites for hydroxylation is 1. The lowest BCUT2D eigenvalue weighted by Crippen LogP contribution is -2.27. The van der Waals surface area contributed by atoms with E-state index in [1.54, 1.807) is 50.5 Å². The Bertz CT molecular complexity index is 676. The first kappa shape index (κ1) is 16.5. The fraction of sp³-hybridized carbons (Fsp3) is 0.222. The van der Waals surface area contributed by atoms with Crippen LogP contribution in [0.15, 0.2) is 48.5 Å². The van der Waals surface area contributed by atoms with Crippen molar-refractivity contribution in [2.24, 2.45) is 0 Å². The van der Waals surface area contributed by atoms with Gasteiger partial charge in [0.05, 0.1) is 0 Å². The lowest BCUT2D eigenvalue weighted by atomic mass is 10.1. The van der Waals surface area contributed by atoms with Crippen molar-refractivity contribution >= 4 is 17.5 Å². The highest BCUT2D eigenvalue weighted by atomic mass is 16.5. The Hall–Kier alpha value is -2.82. The number of likely N-dealkylation sites (N-methyl/N-ethyl adjacent to an activating group) is 1. The standard InChI is InChI=1S/C18H20N2O3/c1-13-4-6-14(7-5-13)18(22)19-15-8-10-16(11-9-15)23-12-17(21)20(2)3/h4-11H,12H2,1-3H3,(H,19,22). The van der Waals surface area contributed by atoms with Crippen LogP contribution in [-0.4, -0.2) is 37.4 Å². The molecule has 0 bridgehead atoms. The third kappa shape index (κ3) is 4.85. The molecule has 5 nitrogen and oxygen atoms in total. The van der Waals surface area contributed by atoms with Gasteiger partial charge in [0.1, 0.15) is 5.75 Å². The van der Waals surface area contributed by atoms with Crippen molar-refractivity contribution in [2.45, 2.75) is 6.92 Å². The Morgan fingerprint density at radius 2 is 1.61 bits per heavy atom. The quantitative estimate of drug-likeness (QED) is 0.923. The zero-order valence-electron chi connectivity index (χ0n) is 13.5. The molecule has 0 spiro atoms. The van der Waals surface area contributed by atoms with Crippen LogP contribution in [0.25, 0.3) is 0 Å². The summed E-state index contributed by atoms with van der Waals surface area (Å²) in [5.74, 6) is 0.303. The van der Waals surface area contributed by atoms with Crippen molar-refractivity contribution in [2.75, 3.05) is 26.0 Å². The highest BCUT2D eigenvalue weighted by Gasteiger charge is 2.07. The molecule has 2 amide bonds. The topological polar surface area (TPSA) is 58.6 Å². The molecule has 0 saturated heterocycles. The molecule has 2 aromatic rings. The Morgan fingerprint density at radius 3 is 2.17 bits per heavy atom. The van der Waals surface area contributed by atoms with Crippen LogP contribution in [-0.2, 0) is 4.79 Å². The summed E-state index contributed by atoms with van der Waals surface area (Å²) in [6, 6.07) is 14.3. The van der Waals surface area contributed by atoms with Gasteiger partial charge in [-0.25, -0.2) is 0 Å². The number of carbonyl (C=O) groups excluding carboxylic acids is 2. The molecule has 0 aromatic heterocycles. The van der Waals surface area contributed by atoms with Crippen molar-refractivity contribution in [1.82, 2.24) is 4.90 Å². The van der Waals surface area contributed by atoms with Gasteiger partial charge in [-0.1, -0.05) is 17.7 Å². The average Bonchev–Trinajstić information content (AvgIpc) is 2.54. The van der Waals surface area contributed by atoms with E-state index in [0.29, 0.717) is 17.0 Å². The number of amides is 2. The molecule has 0 aliphatic carbocycles. The minimum atomic E-state index is -0.165. The van der Waals surface area contributed by atoms with Crippen molar-refractivity contribution in [3.63, 3.8) is 0 Å². The molecule has 0 fully saturated rings. The molecule has 23 heavy (non-hydrogen) atoms. The average molecular weight is 312 g/mol. The zero-order chi connectivity index (χ0) is 16.8. The van der Waals surface area contributed by atoms with E-state index in [1.807, 2.05) is 19.1 Å². The maximum atomic E-state index is 12.1. The summed E-state index contributed by atoms with van der Waals surface area (Å²) in [5.41, 5.74) is 2.38. The lowest BCUT2D eigenvalue weighted by Gasteiger charge is -2.11. The van der Waals surface area contributed by atoms with Gasteiger partial charge in [0.15, 0.2) is 6.61 Å². The van der Waals surface area contributed by atoms with E-state index in [2.05, 4.69) is 5.32 Å². The van der Waals surface area contributed by atoms with Gasteiger partial charge in [0.25, 0.3) is 11.8 Å². The van der Waals surface area contributed by atoms with E-state index >= 15 is 0 Å². The summed E-state index contributed by atoms with van der Waals surface area (Å²) in [6.45, 7) is 1.96. The number of rotatable bonds is 5. The first-order valence-electron chi connectivity index (χ1n) is 7.27. The van der Waals surface area contributed by atoms with Crippen LogP contribution in [0.5, 0.6) is 5.75 Å². The molecule has 0 unspecified atom stereocenters. The van der Waals surface area contributed by atoms with E-state index in [-0.39, 0.29) is 18.4 Å². The summed E-state index contributed by atoms with van der Waals surface area (Å²) in [7, 11) is 3.35. The molecular formula is C18H20N2O3. The number of benzene rings is 2. The molecule has 0 atom stereocenters. The molecule has 0 aliphatic heterocycles. The number of ether oxygens (including phenoxy) is 1. The summed E-state index contributed by atoms with van der Waals surface area (Å²) in [6.07, 6.45) is 0. The summed E-state index contributed by atoms with van der Waals surface area (Å²) in [4.78, 5) is 25.0. The molecule has 1 N–H and O–H groups in total. The minimum absolute atomic E-state index is 0.0118. The number of carbonyl (C=O) groups is 2. The van der Waals surface area contributed by atoms with Gasteiger partial charge in [-0.05, 0) is 43.3 Å². The van der Waals surface area contributed by atoms with Crippen molar-refractivity contribution in [1.29, 1.82) is 0 Å². The SMILES string of the molecule is Cc1ccc(C(=O)Nc2ccc(OCC(=O)N(C)C)cc2)cc1. The maximum Gasteiger partial charge on any atom is 0.259 e. The predicted octanol–water partition coefficient (Wildman–Crippen LogP) is 2.71. The molecule has 2 aromatic carbocycles. The minimum Gasteiger partial charge on any atom is -0.484 e. The lowest BCUT2D eigenvalue weighted by molar-refractivity contribution is -0.130. The first-order valence-corrected chi connectivity index (χ1v) is 7.27. The third-order valence-electron chi connectivity index (χ3n) is 3.29. The Balaban J connectivity index is 1.93. The van der Waals surface area contributed by atoms with E-state index in [0.717, 1.165) is 5.56 Å². The summed E-state index contributed by atoms with van der Waals surface area (Å²) < 4.78 is 5.38. The monoisotopic (exact) mass is 312 g/mol. The Kier molecular flexibility index (Phi) is 5.36. The Labute approximate surface area is 135 Å². The number of nitrogens with zero attached hydrogens (tertiary/aromatic N) is 1. The fourth-order valence-corrected chi connectivity index (χ4v) is 1.82. The van der Waals surface area contributed by atoms with E-state index in [1.165, 1.54) is 4.90 Å². The van der Waals surface area contributed by atoms with Gasteiger partial charge in [-0.3, -0.25) is 9.59 Å². The molecular weight excluding hydrogens is 292 g/mol. The van der Waals surface area contributed by atoms with E-state index in [4.69, 9.17) is 4.74 Å². The maximum absolute atomic E-state index is 12.1. The largest absolute Gasteiger partial charge is 0.484 e.